The van der Waals surface area contributed by atoms with Crippen LogP contribution in [0.2, 0.25) is 0 Å². The molecule has 180 valence electrons. The molecule has 0 bridgehead atoms. The van der Waals surface area contributed by atoms with Gasteiger partial charge < -0.3 is 14.5 Å². The van der Waals surface area contributed by atoms with Crippen LogP contribution in [-0.2, 0) is 0 Å². The molecule has 2 aromatic carbocycles. The molecular formula is C27H23N5O4. The maximum absolute atomic E-state index is 12.6. The summed E-state index contributed by atoms with van der Waals surface area (Å²) in [5.41, 5.74) is 3.64. The van der Waals surface area contributed by atoms with Gasteiger partial charge in [0.15, 0.2) is 17.0 Å². The molecule has 9 nitrogen and oxygen atoms in total. The van der Waals surface area contributed by atoms with Gasteiger partial charge in [0.1, 0.15) is 17.2 Å². The summed E-state index contributed by atoms with van der Waals surface area (Å²) >= 11 is 0. The van der Waals surface area contributed by atoms with Crippen LogP contribution in [0.1, 0.15) is 33.3 Å². The summed E-state index contributed by atoms with van der Waals surface area (Å²) in [6, 6.07) is 16.5. The lowest BCUT2D eigenvalue weighted by Gasteiger charge is -2.10. The van der Waals surface area contributed by atoms with Gasteiger partial charge in [0.2, 0.25) is 5.88 Å². The van der Waals surface area contributed by atoms with Crippen molar-refractivity contribution in [2.45, 2.75) is 27.7 Å². The van der Waals surface area contributed by atoms with Crippen LogP contribution in [0.25, 0.3) is 16.8 Å². The molecule has 0 atom stereocenters. The number of carbonyl (C=O) groups is 1. The smallest absolute Gasteiger partial charge is 0.291 e. The molecule has 0 radical (unpaired) electrons. The average Bonchev–Trinajstić information content (AvgIpc) is 3.12. The number of benzene rings is 2. The Kier molecular flexibility index (Phi) is 5.81. The number of amides is 1. The third-order valence-electron chi connectivity index (χ3n) is 5.86. The van der Waals surface area contributed by atoms with Crippen molar-refractivity contribution in [2.75, 3.05) is 5.32 Å². The van der Waals surface area contributed by atoms with Crippen LogP contribution in [0.3, 0.4) is 0 Å². The molecule has 0 fully saturated rings. The molecule has 9 heteroatoms. The predicted molar refractivity (Wildman–Crippen MR) is 135 cm³/mol. The van der Waals surface area contributed by atoms with E-state index in [1.54, 1.807) is 66.2 Å². The predicted octanol–water partition coefficient (Wildman–Crippen LogP) is 5.05. The van der Waals surface area contributed by atoms with Crippen molar-refractivity contribution < 1.29 is 13.9 Å². The Balaban J connectivity index is 1.33. The number of hydrogen-bond donors (Lipinski definition) is 1. The van der Waals surface area contributed by atoms with Gasteiger partial charge in [0.25, 0.3) is 5.91 Å². The highest BCUT2D eigenvalue weighted by Crippen LogP contribution is 2.24. The quantitative estimate of drug-likeness (QED) is 0.374. The first kappa shape index (κ1) is 23.0. The molecule has 5 aromatic rings. The van der Waals surface area contributed by atoms with Gasteiger partial charge in [-0.2, -0.15) is 10.1 Å². The molecule has 0 saturated carbocycles. The first-order valence-corrected chi connectivity index (χ1v) is 11.3. The third-order valence-corrected chi connectivity index (χ3v) is 5.86. The second-order valence-electron chi connectivity index (χ2n) is 8.37. The Morgan fingerprint density at radius 1 is 0.972 bits per heavy atom. The van der Waals surface area contributed by atoms with Gasteiger partial charge in [-0.05, 0) is 69.7 Å². The number of rotatable bonds is 5. The largest absolute Gasteiger partial charge is 0.451 e. The first-order chi connectivity index (χ1) is 17.3. The van der Waals surface area contributed by atoms with Gasteiger partial charge in [-0.25, -0.2) is 9.67 Å². The molecule has 3 heterocycles. The van der Waals surface area contributed by atoms with Gasteiger partial charge in [0, 0.05) is 23.5 Å². The summed E-state index contributed by atoms with van der Waals surface area (Å²) in [5.74, 6) is 1.47. The van der Waals surface area contributed by atoms with Gasteiger partial charge in [-0.15, -0.1) is 0 Å². The fourth-order valence-corrected chi connectivity index (χ4v) is 3.77. The van der Waals surface area contributed by atoms with Crippen LogP contribution in [0.15, 0.2) is 69.9 Å². The zero-order chi connectivity index (χ0) is 25.4. The SMILES string of the molecule is Cc1nc(Oc2ccc(NC(=O)c3cc(=O)c4ccccc4o3)cc2)cc(-n2nc(C)c(C)c2C)n1. The summed E-state index contributed by atoms with van der Waals surface area (Å²) in [5, 5.41) is 7.71. The highest BCUT2D eigenvalue weighted by atomic mass is 16.5. The second kappa shape index (κ2) is 9.10. The monoisotopic (exact) mass is 481 g/mol. The maximum atomic E-state index is 12.6. The summed E-state index contributed by atoms with van der Waals surface area (Å²) in [7, 11) is 0. The van der Waals surface area contributed by atoms with E-state index in [4.69, 9.17) is 9.15 Å². The Morgan fingerprint density at radius 2 is 1.72 bits per heavy atom. The van der Waals surface area contributed by atoms with Crippen molar-refractivity contribution in [3.8, 4) is 17.4 Å². The standard InChI is InChI=1S/C27H23N5O4/c1-15-16(2)31-32(17(15)3)25-14-26(29-18(4)28-25)35-20-11-9-19(10-12-20)30-27(34)24-13-22(33)21-7-5-6-8-23(21)36-24/h5-14H,1-4H3,(H,30,34). The molecule has 1 amide bonds. The van der Waals surface area contributed by atoms with E-state index in [2.05, 4.69) is 20.4 Å². The summed E-state index contributed by atoms with van der Waals surface area (Å²) in [6.45, 7) is 7.76. The Bertz CT molecular complexity index is 1670. The van der Waals surface area contributed by atoms with Gasteiger partial charge in [0.05, 0.1) is 11.1 Å². The summed E-state index contributed by atoms with van der Waals surface area (Å²) in [4.78, 5) is 33.8. The van der Waals surface area contributed by atoms with Crippen molar-refractivity contribution in [1.82, 2.24) is 19.7 Å². The Hall–Kier alpha value is -4.79. The number of hydrogen-bond acceptors (Lipinski definition) is 7. The lowest BCUT2D eigenvalue weighted by Crippen LogP contribution is -2.14. The molecule has 36 heavy (non-hydrogen) atoms. The van der Waals surface area contributed by atoms with E-state index < -0.39 is 5.91 Å². The molecule has 0 unspecified atom stereocenters. The van der Waals surface area contributed by atoms with E-state index in [0.717, 1.165) is 17.0 Å². The number of carbonyl (C=O) groups excluding carboxylic acids is 1. The molecule has 0 saturated heterocycles. The van der Waals surface area contributed by atoms with E-state index in [1.807, 2.05) is 20.8 Å². The van der Waals surface area contributed by atoms with E-state index >= 15 is 0 Å². The van der Waals surface area contributed by atoms with Crippen molar-refractivity contribution in [3.63, 3.8) is 0 Å². The van der Waals surface area contributed by atoms with Gasteiger partial charge >= 0.3 is 0 Å². The molecule has 0 aliphatic carbocycles. The summed E-state index contributed by atoms with van der Waals surface area (Å²) in [6.07, 6.45) is 0. The van der Waals surface area contributed by atoms with Crippen molar-refractivity contribution >= 4 is 22.6 Å². The molecule has 3 aromatic heterocycles. The molecule has 1 N–H and O–H groups in total. The molecule has 0 spiro atoms. The summed E-state index contributed by atoms with van der Waals surface area (Å²) < 4.78 is 13.3. The van der Waals surface area contributed by atoms with Crippen LogP contribution < -0.4 is 15.5 Å². The molecule has 0 aliphatic heterocycles. The lowest BCUT2D eigenvalue weighted by atomic mass is 10.2. The fourth-order valence-electron chi connectivity index (χ4n) is 3.77. The number of nitrogens with one attached hydrogen (secondary N) is 1. The number of para-hydroxylation sites is 1. The van der Waals surface area contributed by atoms with Crippen LogP contribution in [0.4, 0.5) is 5.69 Å². The second-order valence-corrected chi connectivity index (χ2v) is 8.37. The van der Waals surface area contributed by atoms with Crippen molar-refractivity contribution in [3.05, 3.63) is 99.4 Å². The maximum Gasteiger partial charge on any atom is 0.291 e. The van der Waals surface area contributed by atoms with E-state index in [0.29, 0.717) is 39.9 Å². The average molecular weight is 482 g/mol. The minimum Gasteiger partial charge on any atom is -0.451 e. The van der Waals surface area contributed by atoms with Crippen LogP contribution in [0, 0.1) is 27.7 Å². The van der Waals surface area contributed by atoms with Crippen molar-refractivity contribution in [2.24, 2.45) is 0 Å². The normalized spacial score (nSPS) is 11.0. The fraction of sp³-hybridized carbons (Fsp3) is 0.148. The first-order valence-electron chi connectivity index (χ1n) is 11.3. The molecular weight excluding hydrogens is 458 g/mol. The lowest BCUT2D eigenvalue weighted by molar-refractivity contribution is 0.0997. The Morgan fingerprint density at radius 3 is 2.44 bits per heavy atom. The van der Waals surface area contributed by atoms with Crippen molar-refractivity contribution in [1.29, 1.82) is 0 Å². The van der Waals surface area contributed by atoms with Crippen LogP contribution in [-0.4, -0.2) is 25.7 Å². The number of ether oxygens (including phenoxy) is 1. The number of aryl methyl sites for hydroxylation is 2. The topological polar surface area (TPSA) is 112 Å². The van der Waals surface area contributed by atoms with E-state index in [9.17, 15) is 9.59 Å². The third kappa shape index (κ3) is 4.46. The number of aromatic nitrogens is 4. The number of nitrogens with zero attached hydrogens (tertiary/aromatic N) is 4. The van der Waals surface area contributed by atoms with Crippen LogP contribution in [0.5, 0.6) is 11.6 Å². The zero-order valence-electron chi connectivity index (χ0n) is 20.2. The Labute approximate surface area is 206 Å². The van der Waals surface area contributed by atoms with E-state index in [-0.39, 0.29) is 11.2 Å². The highest BCUT2D eigenvalue weighted by Gasteiger charge is 2.14. The van der Waals surface area contributed by atoms with Gasteiger partial charge in [-0.1, -0.05) is 12.1 Å². The number of fused-ring (bicyclic) bond motifs is 1. The zero-order valence-corrected chi connectivity index (χ0v) is 20.2. The highest BCUT2D eigenvalue weighted by molar-refractivity contribution is 6.03. The van der Waals surface area contributed by atoms with E-state index in [1.165, 1.54) is 6.07 Å². The minimum atomic E-state index is -0.525. The van der Waals surface area contributed by atoms with Crippen LogP contribution >= 0.6 is 0 Å². The number of anilines is 1. The molecule has 5 rings (SSSR count). The minimum absolute atomic E-state index is 0.0672. The molecule has 0 aliphatic rings. The van der Waals surface area contributed by atoms with Gasteiger partial charge in [-0.3, -0.25) is 9.59 Å².